The molecule has 0 aliphatic carbocycles. The van der Waals surface area contributed by atoms with Crippen LogP contribution in [0.2, 0.25) is 4.43 Å². The predicted octanol–water partition coefficient (Wildman–Crippen LogP) is 1.73. The standard InChI is InChI=1S/C14H16N3O2.CH3.Hg/c1-9-11(8-16-14(15)17-9)6-10-4-5-12(18-2)7-13(10)19-3;;/h4-5,7H,6H2,1-3H3,(H2,15,16,17);1H3;. The molecule has 0 aliphatic heterocycles. The van der Waals surface area contributed by atoms with Gasteiger partial charge in [-0.1, -0.05) is 0 Å². The van der Waals surface area contributed by atoms with E-state index in [9.17, 15) is 0 Å². The fraction of sp³-hybridized carbons (Fsp3) is 0.333. The summed E-state index contributed by atoms with van der Waals surface area (Å²) in [5.41, 5.74) is 9.05. The van der Waals surface area contributed by atoms with Crippen molar-refractivity contribution in [3.8, 4) is 11.5 Å². The van der Waals surface area contributed by atoms with Crippen molar-refractivity contribution in [2.24, 2.45) is 0 Å². The summed E-state index contributed by atoms with van der Waals surface area (Å²) in [5, 5.41) is 0. The molecule has 2 aromatic rings. The molecule has 0 spiro atoms. The third kappa shape index (κ3) is 3.64. The molecule has 0 unspecified atom stereocenters. The second-order valence-corrected chi connectivity index (χ2v) is 10.2. The summed E-state index contributed by atoms with van der Waals surface area (Å²) in [6.45, 7) is 2.00. The van der Waals surface area contributed by atoms with Gasteiger partial charge in [-0.05, 0) is 0 Å². The van der Waals surface area contributed by atoms with Gasteiger partial charge in [0, 0.05) is 0 Å². The number of benzene rings is 1. The molecule has 0 saturated carbocycles. The first-order valence-electron chi connectivity index (χ1n) is 6.91. The number of nitrogens with zero attached hydrogens (tertiary/aromatic N) is 2. The van der Waals surface area contributed by atoms with Crippen LogP contribution in [0.3, 0.4) is 0 Å². The van der Waals surface area contributed by atoms with Crippen LogP contribution in [0.15, 0.2) is 18.2 Å². The van der Waals surface area contributed by atoms with E-state index in [0.29, 0.717) is 5.95 Å². The molecule has 108 valence electrons. The van der Waals surface area contributed by atoms with Crippen molar-refractivity contribution in [1.29, 1.82) is 0 Å². The Kier molecular flexibility index (Phi) is 5.39. The first-order valence-corrected chi connectivity index (χ1v) is 15.2. The summed E-state index contributed by atoms with van der Waals surface area (Å²) in [6, 6.07) is 5.88. The van der Waals surface area contributed by atoms with E-state index in [2.05, 4.69) is 14.4 Å². The first-order chi connectivity index (χ1) is 10.1. The van der Waals surface area contributed by atoms with Gasteiger partial charge >= 0.3 is 137 Å². The van der Waals surface area contributed by atoms with Crippen molar-refractivity contribution in [3.05, 3.63) is 35.0 Å². The number of nitrogen functional groups attached to an aromatic ring is 1. The third-order valence-corrected chi connectivity index (χ3v) is 8.39. The Labute approximate surface area is 137 Å². The molecule has 1 aromatic heterocycles. The number of methoxy groups -OCH3 is 2. The molecule has 0 bridgehead atoms. The van der Waals surface area contributed by atoms with Crippen LogP contribution in [-0.4, -0.2) is 24.2 Å². The van der Waals surface area contributed by atoms with E-state index in [1.807, 2.05) is 25.1 Å². The van der Waals surface area contributed by atoms with Crippen molar-refractivity contribution < 1.29 is 34.0 Å². The van der Waals surface area contributed by atoms with Gasteiger partial charge in [0.2, 0.25) is 0 Å². The van der Waals surface area contributed by atoms with Gasteiger partial charge in [0.1, 0.15) is 0 Å². The van der Waals surface area contributed by atoms with Crippen LogP contribution in [-0.2, 0) is 31.0 Å². The molecule has 0 amide bonds. The Morgan fingerprint density at radius 2 is 1.95 bits per heavy atom. The first kappa shape index (κ1) is 16.0. The summed E-state index contributed by atoms with van der Waals surface area (Å²) >= 11 is -1.17. The second kappa shape index (κ2) is 7.07. The molecular formula is C15H19HgN3O2. The van der Waals surface area contributed by atoms with Gasteiger partial charge in [0.25, 0.3) is 0 Å². The maximum absolute atomic E-state index is 5.76. The molecule has 5 nitrogen and oxygen atoms in total. The van der Waals surface area contributed by atoms with Crippen molar-refractivity contribution in [2.75, 3.05) is 20.0 Å². The number of ether oxygens (including phenoxy) is 2. The quantitative estimate of drug-likeness (QED) is 0.670. The van der Waals surface area contributed by atoms with Crippen LogP contribution in [0.5, 0.6) is 11.5 Å². The summed E-state index contributed by atoms with van der Waals surface area (Å²) < 4.78 is 14.2. The van der Waals surface area contributed by atoms with E-state index in [4.69, 9.17) is 15.2 Å². The zero-order chi connectivity index (χ0) is 15.4. The molecule has 1 heterocycles. The van der Waals surface area contributed by atoms with Crippen LogP contribution in [0.25, 0.3) is 0 Å². The fourth-order valence-corrected chi connectivity index (χ4v) is 6.77. The van der Waals surface area contributed by atoms with Gasteiger partial charge in [-0.2, -0.15) is 0 Å². The Bertz CT molecular complexity index is 647. The molecular weight excluding hydrogens is 455 g/mol. The Hall–Kier alpha value is -1.36. The molecule has 0 atom stereocenters. The van der Waals surface area contributed by atoms with E-state index < -0.39 is 24.6 Å². The molecule has 2 N–H and O–H groups in total. The summed E-state index contributed by atoms with van der Waals surface area (Å²) in [6.07, 6.45) is 0.766. The van der Waals surface area contributed by atoms with Crippen LogP contribution in [0.4, 0.5) is 5.95 Å². The van der Waals surface area contributed by atoms with Gasteiger partial charge in [0.05, 0.1) is 0 Å². The van der Waals surface area contributed by atoms with Crippen molar-refractivity contribution in [1.82, 2.24) is 9.97 Å². The van der Waals surface area contributed by atoms with Gasteiger partial charge in [-0.15, -0.1) is 0 Å². The zero-order valence-corrected chi connectivity index (χ0v) is 18.4. The Balaban J connectivity index is 2.43. The average Bonchev–Trinajstić information content (AvgIpc) is 2.49. The topological polar surface area (TPSA) is 70.3 Å². The van der Waals surface area contributed by atoms with Crippen LogP contribution >= 0.6 is 0 Å². The molecule has 0 saturated heterocycles. The number of hydrogen-bond acceptors (Lipinski definition) is 5. The van der Waals surface area contributed by atoms with Crippen molar-refractivity contribution in [2.45, 2.75) is 17.8 Å². The van der Waals surface area contributed by atoms with Gasteiger partial charge in [0.15, 0.2) is 0 Å². The Morgan fingerprint density at radius 1 is 1.19 bits per heavy atom. The maximum atomic E-state index is 5.76. The molecule has 0 radical (unpaired) electrons. The van der Waals surface area contributed by atoms with E-state index in [1.54, 1.807) is 14.2 Å². The number of anilines is 1. The number of aryl methyl sites for hydroxylation is 1. The van der Waals surface area contributed by atoms with E-state index in [0.717, 1.165) is 29.2 Å². The Morgan fingerprint density at radius 3 is 2.57 bits per heavy atom. The van der Waals surface area contributed by atoms with Crippen molar-refractivity contribution >= 4 is 9.15 Å². The zero-order valence-electron chi connectivity index (χ0n) is 12.9. The molecule has 21 heavy (non-hydrogen) atoms. The van der Waals surface area contributed by atoms with Crippen molar-refractivity contribution in [3.63, 3.8) is 0 Å². The number of rotatable bonds is 5. The summed E-state index contributed by atoms with van der Waals surface area (Å²) in [7, 11) is 3.32. The average molecular weight is 474 g/mol. The van der Waals surface area contributed by atoms with E-state index >= 15 is 0 Å². The minimum absolute atomic E-state index is 0.384. The van der Waals surface area contributed by atoms with Gasteiger partial charge < -0.3 is 0 Å². The van der Waals surface area contributed by atoms with Crippen LogP contribution < -0.4 is 18.4 Å². The van der Waals surface area contributed by atoms with E-state index in [1.165, 1.54) is 8.77 Å². The number of nitrogens with two attached hydrogens (primary N) is 1. The summed E-state index contributed by atoms with van der Waals surface area (Å²) in [4.78, 5) is 8.74. The molecule has 2 rings (SSSR count). The normalized spacial score (nSPS) is 10.1. The fourth-order valence-electron chi connectivity index (χ4n) is 2.39. The second-order valence-electron chi connectivity index (χ2n) is 4.80. The monoisotopic (exact) mass is 475 g/mol. The molecule has 0 fully saturated rings. The van der Waals surface area contributed by atoms with E-state index in [-0.39, 0.29) is 0 Å². The number of hydrogen-bond donors (Lipinski definition) is 1. The number of aromatic nitrogens is 2. The van der Waals surface area contributed by atoms with Crippen LogP contribution in [0.1, 0.15) is 16.8 Å². The summed E-state index contributed by atoms with van der Waals surface area (Å²) in [5.74, 6) is 2.00. The SMILES string of the molecule is COc1ccc(Cc2c(C)nc(N)n[c]2[Hg][CH3])c(OC)c1. The minimum atomic E-state index is -1.17. The molecule has 1 aromatic carbocycles. The van der Waals surface area contributed by atoms with Gasteiger partial charge in [-0.3, -0.25) is 0 Å². The predicted molar refractivity (Wildman–Crippen MR) is 79.0 cm³/mol. The molecule has 6 heteroatoms. The molecule has 0 aliphatic rings. The van der Waals surface area contributed by atoms with Crippen LogP contribution in [0, 0.1) is 6.92 Å². The third-order valence-electron chi connectivity index (χ3n) is 3.51. The van der Waals surface area contributed by atoms with Gasteiger partial charge in [-0.25, -0.2) is 0 Å².